The van der Waals surface area contributed by atoms with Crippen LogP contribution in [0.1, 0.15) is 25.7 Å². The van der Waals surface area contributed by atoms with Crippen molar-refractivity contribution in [2.45, 2.75) is 43.8 Å². The highest BCUT2D eigenvalue weighted by atomic mass is 16.2. The third kappa shape index (κ3) is 3.98. The van der Waals surface area contributed by atoms with Gasteiger partial charge >= 0.3 is 0 Å². The Morgan fingerprint density at radius 3 is 2.28 bits per heavy atom. The number of nitrogens with one attached hydrogen (secondary N) is 1. The summed E-state index contributed by atoms with van der Waals surface area (Å²) in [6.45, 7) is 2.09. The SMILES string of the molecule is NCC(=O)N1CCC(N2CC2)C1C(=O)NC(CC1CC1)C(=O)C(N)=O. The molecule has 0 aromatic carbocycles. The Balaban J connectivity index is 1.73. The van der Waals surface area contributed by atoms with Gasteiger partial charge in [0.1, 0.15) is 6.04 Å². The number of Topliss-reactive ketones (excluding diaryl/α,β-unsaturated/α-hetero) is 1. The molecule has 3 aliphatic rings. The zero-order valence-corrected chi connectivity index (χ0v) is 14.1. The van der Waals surface area contributed by atoms with Crippen LogP contribution < -0.4 is 16.8 Å². The molecule has 3 amide bonds. The summed E-state index contributed by atoms with van der Waals surface area (Å²) in [4.78, 5) is 51.9. The highest BCUT2D eigenvalue weighted by Gasteiger charge is 2.47. The van der Waals surface area contributed by atoms with Crippen molar-refractivity contribution >= 4 is 23.5 Å². The second-order valence-corrected chi connectivity index (χ2v) is 7.10. The second kappa shape index (κ2) is 7.09. The number of likely N-dealkylation sites (tertiary alicyclic amines) is 1. The molecule has 2 aliphatic heterocycles. The molecule has 1 saturated carbocycles. The van der Waals surface area contributed by atoms with Crippen molar-refractivity contribution in [1.29, 1.82) is 0 Å². The zero-order valence-electron chi connectivity index (χ0n) is 14.1. The van der Waals surface area contributed by atoms with Crippen molar-refractivity contribution in [3.8, 4) is 0 Å². The lowest BCUT2D eigenvalue weighted by Crippen LogP contribution is -2.57. The first-order valence-electron chi connectivity index (χ1n) is 8.80. The van der Waals surface area contributed by atoms with Crippen molar-refractivity contribution < 1.29 is 19.2 Å². The van der Waals surface area contributed by atoms with Gasteiger partial charge in [-0.2, -0.15) is 0 Å². The van der Waals surface area contributed by atoms with E-state index < -0.39 is 29.7 Å². The van der Waals surface area contributed by atoms with Crippen molar-refractivity contribution in [3.05, 3.63) is 0 Å². The van der Waals surface area contributed by atoms with Crippen LogP contribution in [0.4, 0.5) is 0 Å². The van der Waals surface area contributed by atoms with Gasteiger partial charge in [0.15, 0.2) is 0 Å². The quantitative estimate of drug-likeness (QED) is 0.328. The summed E-state index contributed by atoms with van der Waals surface area (Å²) in [6.07, 6.45) is 3.08. The first kappa shape index (κ1) is 17.8. The fraction of sp³-hybridized carbons (Fsp3) is 0.750. The molecule has 3 rings (SSSR count). The summed E-state index contributed by atoms with van der Waals surface area (Å²) in [5.41, 5.74) is 10.6. The molecule has 2 saturated heterocycles. The van der Waals surface area contributed by atoms with E-state index in [-0.39, 0.29) is 18.5 Å². The third-order valence-electron chi connectivity index (χ3n) is 5.22. The van der Waals surface area contributed by atoms with E-state index in [1.54, 1.807) is 0 Å². The minimum Gasteiger partial charge on any atom is -0.363 e. The summed E-state index contributed by atoms with van der Waals surface area (Å²) < 4.78 is 0. The van der Waals surface area contributed by atoms with Gasteiger partial charge in [0, 0.05) is 25.7 Å². The van der Waals surface area contributed by atoms with Gasteiger partial charge < -0.3 is 21.7 Å². The van der Waals surface area contributed by atoms with Crippen molar-refractivity contribution in [2.75, 3.05) is 26.2 Å². The van der Waals surface area contributed by atoms with E-state index >= 15 is 0 Å². The Labute approximate surface area is 146 Å². The number of primary amides is 1. The van der Waals surface area contributed by atoms with Gasteiger partial charge in [-0.25, -0.2) is 0 Å². The lowest BCUT2D eigenvalue weighted by molar-refractivity contribution is -0.141. The Hall–Kier alpha value is -2.00. The summed E-state index contributed by atoms with van der Waals surface area (Å²) >= 11 is 0. The van der Waals surface area contributed by atoms with Crippen molar-refractivity contribution in [3.63, 3.8) is 0 Å². The summed E-state index contributed by atoms with van der Waals surface area (Å²) in [6, 6.07) is -1.66. The third-order valence-corrected chi connectivity index (χ3v) is 5.22. The maximum atomic E-state index is 12.9. The van der Waals surface area contributed by atoms with Crippen LogP contribution in [0.25, 0.3) is 0 Å². The van der Waals surface area contributed by atoms with E-state index in [0.29, 0.717) is 25.3 Å². The van der Waals surface area contributed by atoms with Gasteiger partial charge in [-0.1, -0.05) is 12.8 Å². The van der Waals surface area contributed by atoms with Crippen LogP contribution in [0.5, 0.6) is 0 Å². The van der Waals surface area contributed by atoms with Crippen LogP contribution in [0.15, 0.2) is 0 Å². The summed E-state index contributed by atoms with van der Waals surface area (Å²) in [7, 11) is 0. The minimum atomic E-state index is -1.05. The maximum Gasteiger partial charge on any atom is 0.287 e. The van der Waals surface area contributed by atoms with Gasteiger partial charge in [0.25, 0.3) is 5.91 Å². The van der Waals surface area contributed by atoms with Crippen LogP contribution in [0, 0.1) is 5.92 Å². The molecule has 0 aromatic rings. The van der Waals surface area contributed by atoms with Gasteiger partial charge in [-0.3, -0.25) is 24.1 Å². The predicted octanol–water partition coefficient (Wildman–Crippen LogP) is -2.43. The van der Waals surface area contributed by atoms with Gasteiger partial charge in [0.2, 0.25) is 17.6 Å². The van der Waals surface area contributed by atoms with E-state index in [2.05, 4.69) is 10.2 Å². The average molecular weight is 351 g/mol. The summed E-state index contributed by atoms with van der Waals surface area (Å²) in [5.74, 6) is -2.18. The van der Waals surface area contributed by atoms with Gasteiger partial charge in [0.05, 0.1) is 12.6 Å². The lowest BCUT2D eigenvalue weighted by Gasteiger charge is -2.29. The number of ketones is 1. The fourth-order valence-electron chi connectivity index (χ4n) is 3.61. The molecular formula is C16H25N5O4. The first-order valence-corrected chi connectivity index (χ1v) is 8.80. The van der Waals surface area contributed by atoms with Crippen LogP contribution in [-0.4, -0.2) is 77.6 Å². The Kier molecular flexibility index (Phi) is 5.05. The van der Waals surface area contributed by atoms with Crippen LogP contribution in [0.2, 0.25) is 0 Å². The van der Waals surface area contributed by atoms with Gasteiger partial charge in [-0.15, -0.1) is 0 Å². The van der Waals surface area contributed by atoms with E-state index in [9.17, 15) is 19.2 Å². The topological polar surface area (TPSA) is 139 Å². The number of nitrogens with two attached hydrogens (primary N) is 2. The molecule has 2 heterocycles. The number of carbonyl (C=O) groups is 4. The highest BCUT2D eigenvalue weighted by Crippen LogP contribution is 2.34. The molecule has 3 unspecified atom stereocenters. The monoisotopic (exact) mass is 351 g/mol. The predicted molar refractivity (Wildman–Crippen MR) is 88.0 cm³/mol. The van der Waals surface area contributed by atoms with E-state index in [4.69, 9.17) is 11.5 Å². The largest absolute Gasteiger partial charge is 0.363 e. The fourth-order valence-corrected chi connectivity index (χ4v) is 3.61. The average Bonchev–Trinajstić information content (AvgIpc) is 3.51. The first-order chi connectivity index (χ1) is 11.9. The van der Waals surface area contributed by atoms with Crippen molar-refractivity contribution in [1.82, 2.24) is 15.1 Å². The number of nitrogens with zero attached hydrogens (tertiary/aromatic N) is 2. The molecule has 0 aromatic heterocycles. The molecule has 3 fully saturated rings. The normalized spacial score (nSPS) is 27.0. The zero-order chi connectivity index (χ0) is 18.1. The minimum absolute atomic E-state index is 0.0687. The Morgan fingerprint density at radius 1 is 1.08 bits per heavy atom. The Morgan fingerprint density at radius 2 is 1.76 bits per heavy atom. The molecule has 25 heavy (non-hydrogen) atoms. The molecule has 0 spiro atoms. The van der Waals surface area contributed by atoms with Crippen LogP contribution in [-0.2, 0) is 19.2 Å². The molecule has 138 valence electrons. The van der Waals surface area contributed by atoms with E-state index in [1.807, 2.05) is 0 Å². The number of hydrogen-bond acceptors (Lipinski definition) is 6. The number of rotatable bonds is 8. The molecule has 0 bridgehead atoms. The molecule has 5 N–H and O–H groups in total. The number of hydrogen-bond donors (Lipinski definition) is 3. The molecule has 3 atom stereocenters. The summed E-state index contributed by atoms with van der Waals surface area (Å²) in [5, 5.41) is 2.68. The number of amides is 3. The van der Waals surface area contributed by atoms with Crippen LogP contribution in [0.3, 0.4) is 0 Å². The standard InChI is InChI=1S/C16H25N5O4/c17-8-12(22)21-4-3-11(20-5-6-20)13(21)16(25)19-10(7-9-1-2-9)14(23)15(18)24/h9-11,13H,1-8,17H2,(H2,18,24)(H,19,25). The molecule has 1 aliphatic carbocycles. The molecule has 0 radical (unpaired) electrons. The Bertz CT molecular complexity index is 587. The number of carbonyl (C=O) groups excluding carboxylic acids is 4. The highest BCUT2D eigenvalue weighted by molar-refractivity contribution is 6.37. The molecule has 9 nitrogen and oxygen atoms in total. The maximum absolute atomic E-state index is 12.9. The second-order valence-electron chi connectivity index (χ2n) is 7.10. The lowest BCUT2D eigenvalue weighted by atomic mass is 10.0. The molecule has 9 heteroatoms. The smallest absolute Gasteiger partial charge is 0.287 e. The van der Waals surface area contributed by atoms with Gasteiger partial charge in [-0.05, 0) is 18.8 Å². The van der Waals surface area contributed by atoms with E-state index in [0.717, 1.165) is 25.9 Å². The van der Waals surface area contributed by atoms with Crippen molar-refractivity contribution in [2.24, 2.45) is 17.4 Å². The molecular weight excluding hydrogens is 326 g/mol. The van der Waals surface area contributed by atoms with E-state index in [1.165, 1.54) is 4.90 Å². The van der Waals surface area contributed by atoms with Crippen LogP contribution >= 0.6 is 0 Å².